The van der Waals surface area contributed by atoms with Gasteiger partial charge < -0.3 is 35.4 Å². The first kappa shape index (κ1) is 20.1. The molecule has 16 heteroatoms. The molecular formula is C9H15N3O11P2. The van der Waals surface area contributed by atoms with Crippen LogP contribution >= 0.6 is 15.6 Å². The molecule has 1 aliphatic heterocycles. The van der Waals surface area contributed by atoms with E-state index in [0.29, 0.717) is 0 Å². The molecule has 1 aliphatic rings. The molecule has 1 aromatic rings. The average molecular weight is 403 g/mol. The van der Waals surface area contributed by atoms with E-state index in [0.717, 1.165) is 10.8 Å². The average Bonchev–Trinajstić information content (AvgIpc) is 2.71. The largest absolute Gasteiger partial charge is 0.481 e. The van der Waals surface area contributed by atoms with Gasteiger partial charge in [-0.3, -0.25) is 9.09 Å². The van der Waals surface area contributed by atoms with Crippen LogP contribution in [-0.2, 0) is 22.7 Å². The van der Waals surface area contributed by atoms with Crippen LogP contribution in [0.15, 0.2) is 17.1 Å². The Bertz CT molecular complexity index is 778. The minimum absolute atomic E-state index is 0.0787. The van der Waals surface area contributed by atoms with Crippen LogP contribution in [0.3, 0.4) is 0 Å². The Labute approximate surface area is 139 Å². The molecule has 1 saturated heterocycles. The number of nitrogen functional groups attached to an aromatic ring is 1. The summed E-state index contributed by atoms with van der Waals surface area (Å²) in [6.07, 6.45) is -4.93. The van der Waals surface area contributed by atoms with Gasteiger partial charge >= 0.3 is 21.3 Å². The van der Waals surface area contributed by atoms with Crippen molar-refractivity contribution in [2.24, 2.45) is 0 Å². The number of hydrogen-bond acceptors (Lipinski definition) is 10. The first-order chi connectivity index (χ1) is 11.4. The van der Waals surface area contributed by atoms with Crippen LogP contribution in [0.2, 0.25) is 0 Å². The standard InChI is InChI=1S/C9H15N3O11P2/c10-5-1-2-12(9(15)11-5)8-7(14)6(13)4(22-8)3-21-25(19,20)23-24(16,17)18/h1-2,4,6-8,13-14H,3H2,(H,19,20)(H2,10,11,15)(H2,16,17,18). The predicted octanol–water partition coefficient (Wildman–Crippen LogP) is -2.33. The zero-order valence-corrected chi connectivity index (χ0v) is 14.0. The normalized spacial score (nSPS) is 29.5. The lowest BCUT2D eigenvalue weighted by Gasteiger charge is -2.17. The molecule has 0 aliphatic carbocycles. The third-order valence-electron chi connectivity index (χ3n) is 3.07. The van der Waals surface area contributed by atoms with Crippen molar-refractivity contribution in [3.63, 3.8) is 0 Å². The maximum Gasteiger partial charge on any atom is 0.481 e. The SMILES string of the molecule is Nc1ccn(C2OC(COP(=O)(O)OP(=O)(O)O)C(O)C2O)c(=O)n1. The molecule has 0 bridgehead atoms. The highest BCUT2D eigenvalue weighted by molar-refractivity contribution is 7.60. The summed E-state index contributed by atoms with van der Waals surface area (Å²) < 4.78 is 35.8. The minimum atomic E-state index is -5.30. The molecule has 5 atom stereocenters. The molecule has 0 aromatic carbocycles. The molecule has 0 spiro atoms. The molecule has 7 N–H and O–H groups in total. The Kier molecular flexibility index (Phi) is 5.81. The molecule has 5 unspecified atom stereocenters. The van der Waals surface area contributed by atoms with Gasteiger partial charge in [0.15, 0.2) is 6.23 Å². The molecule has 25 heavy (non-hydrogen) atoms. The van der Waals surface area contributed by atoms with E-state index in [1.807, 2.05) is 0 Å². The van der Waals surface area contributed by atoms with E-state index in [2.05, 4.69) is 13.8 Å². The maximum absolute atomic E-state index is 11.7. The second-order valence-electron chi connectivity index (χ2n) is 4.93. The zero-order valence-electron chi connectivity index (χ0n) is 12.2. The third kappa shape index (κ3) is 5.15. The lowest BCUT2D eigenvalue weighted by molar-refractivity contribution is -0.0541. The fourth-order valence-corrected chi connectivity index (χ4v) is 3.64. The van der Waals surface area contributed by atoms with Crippen LogP contribution in [0.25, 0.3) is 0 Å². The van der Waals surface area contributed by atoms with Gasteiger partial charge in [-0.1, -0.05) is 0 Å². The van der Waals surface area contributed by atoms with E-state index in [1.165, 1.54) is 6.07 Å². The van der Waals surface area contributed by atoms with E-state index in [1.54, 1.807) is 0 Å². The first-order valence-corrected chi connectivity index (χ1v) is 9.53. The van der Waals surface area contributed by atoms with Crippen LogP contribution in [0.4, 0.5) is 5.82 Å². The van der Waals surface area contributed by atoms with Gasteiger partial charge in [0.05, 0.1) is 6.61 Å². The van der Waals surface area contributed by atoms with Gasteiger partial charge in [-0.25, -0.2) is 13.9 Å². The number of aliphatic hydroxyl groups excluding tert-OH is 2. The molecular weight excluding hydrogens is 388 g/mol. The van der Waals surface area contributed by atoms with Crippen molar-refractivity contribution in [2.45, 2.75) is 24.5 Å². The van der Waals surface area contributed by atoms with Crippen molar-refractivity contribution in [2.75, 3.05) is 12.3 Å². The molecule has 142 valence electrons. The summed E-state index contributed by atoms with van der Waals surface area (Å²) in [5.74, 6) is -0.0787. The van der Waals surface area contributed by atoms with Gasteiger partial charge in [-0.2, -0.15) is 9.29 Å². The van der Waals surface area contributed by atoms with Crippen LogP contribution in [0.1, 0.15) is 6.23 Å². The summed E-state index contributed by atoms with van der Waals surface area (Å²) in [6, 6.07) is 1.24. The summed E-state index contributed by atoms with van der Waals surface area (Å²) >= 11 is 0. The molecule has 0 radical (unpaired) electrons. The first-order valence-electron chi connectivity index (χ1n) is 6.50. The van der Waals surface area contributed by atoms with Crippen LogP contribution in [0.5, 0.6) is 0 Å². The summed E-state index contributed by atoms with van der Waals surface area (Å²) in [7, 11) is -10.5. The highest BCUT2D eigenvalue weighted by Gasteiger charge is 2.45. The number of phosphoric ester groups is 1. The topological polar surface area (TPSA) is 224 Å². The smallest absolute Gasteiger partial charge is 0.387 e. The number of aliphatic hydroxyl groups is 2. The monoisotopic (exact) mass is 403 g/mol. The van der Waals surface area contributed by atoms with Crippen molar-refractivity contribution in [1.29, 1.82) is 0 Å². The zero-order chi connectivity index (χ0) is 19.0. The predicted molar refractivity (Wildman–Crippen MR) is 77.7 cm³/mol. The highest BCUT2D eigenvalue weighted by Crippen LogP contribution is 2.57. The molecule has 0 saturated carbocycles. The van der Waals surface area contributed by atoms with Crippen molar-refractivity contribution in [1.82, 2.24) is 9.55 Å². The summed E-state index contributed by atoms with van der Waals surface area (Å²) in [6.45, 7) is -0.875. The Hall–Kier alpha value is -1.18. The highest BCUT2D eigenvalue weighted by atomic mass is 31.3. The molecule has 14 nitrogen and oxygen atoms in total. The number of aromatic nitrogens is 2. The van der Waals surface area contributed by atoms with Crippen molar-refractivity contribution < 1.29 is 47.6 Å². The number of rotatable bonds is 6. The Balaban J connectivity index is 2.08. The molecule has 2 heterocycles. The maximum atomic E-state index is 11.7. The van der Waals surface area contributed by atoms with Gasteiger partial charge in [0.1, 0.15) is 24.1 Å². The second-order valence-corrected chi connectivity index (χ2v) is 7.75. The second kappa shape index (κ2) is 7.21. The number of phosphoric acid groups is 2. The fourth-order valence-electron chi connectivity index (χ4n) is 2.04. The van der Waals surface area contributed by atoms with Gasteiger partial charge in [0.25, 0.3) is 0 Å². The van der Waals surface area contributed by atoms with Gasteiger partial charge in [0.2, 0.25) is 0 Å². The Morgan fingerprint density at radius 3 is 2.48 bits per heavy atom. The summed E-state index contributed by atoms with van der Waals surface area (Å²) in [5.41, 5.74) is 4.45. The number of ether oxygens (including phenoxy) is 1. The van der Waals surface area contributed by atoms with E-state index in [9.17, 15) is 24.1 Å². The van der Waals surface area contributed by atoms with Crippen LogP contribution in [-0.4, -0.2) is 59.4 Å². The van der Waals surface area contributed by atoms with Crippen molar-refractivity contribution in [3.05, 3.63) is 22.7 Å². The molecule has 1 aromatic heterocycles. The van der Waals surface area contributed by atoms with Gasteiger partial charge in [-0.15, -0.1) is 0 Å². The van der Waals surface area contributed by atoms with E-state index < -0.39 is 52.5 Å². The Morgan fingerprint density at radius 2 is 1.92 bits per heavy atom. The lowest BCUT2D eigenvalue weighted by Crippen LogP contribution is -2.36. The lowest BCUT2D eigenvalue weighted by atomic mass is 10.1. The van der Waals surface area contributed by atoms with E-state index in [4.69, 9.17) is 25.2 Å². The van der Waals surface area contributed by atoms with Crippen LogP contribution in [0, 0.1) is 0 Å². The molecule has 2 rings (SSSR count). The molecule has 0 amide bonds. The third-order valence-corrected chi connectivity index (χ3v) is 5.23. The Morgan fingerprint density at radius 1 is 1.28 bits per heavy atom. The van der Waals surface area contributed by atoms with E-state index >= 15 is 0 Å². The van der Waals surface area contributed by atoms with Crippen molar-refractivity contribution >= 4 is 21.5 Å². The van der Waals surface area contributed by atoms with Crippen molar-refractivity contribution in [3.8, 4) is 0 Å². The number of nitrogens with two attached hydrogens (primary N) is 1. The fraction of sp³-hybridized carbons (Fsp3) is 0.556. The summed E-state index contributed by atoms with van der Waals surface area (Å²) in [5, 5.41) is 19.8. The molecule has 1 fully saturated rings. The van der Waals surface area contributed by atoms with Gasteiger partial charge in [-0.05, 0) is 6.07 Å². The van der Waals surface area contributed by atoms with Crippen LogP contribution < -0.4 is 11.4 Å². The van der Waals surface area contributed by atoms with E-state index in [-0.39, 0.29) is 5.82 Å². The minimum Gasteiger partial charge on any atom is -0.387 e. The van der Waals surface area contributed by atoms with Gasteiger partial charge in [0, 0.05) is 6.20 Å². The number of hydrogen-bond donors (Lipinski definition) is 6. The number of anilines is 1. The quantitative estimate of drug-likeness (QED) is 0.274. The summed E-state index contributed by atoms with van der Waals surface area (Å²) in [4.78, 5) is 41.3. The number of nitrogens with zero attached hydrogens (tertiary/aromatic N) is 2.